The molecular formula is C20H25N3O4. The van der Waals surface area contributed by atoms with Crippen LogP contribution < -0.4 is 5.32 Å². The Kier molecular flexibility index (Phi) is 6.24. The largest absolute Gasteiger partial charge is 0.383 e. The molecule has 1 saturated heterocycles. The number of piperidine rings is 1. The first kappa shape index (κ1) is 19.1. The molecule has 1 atom stereocenters. The highest BCUT2D eigenvalue weighted by molar-refractivity contribution is 5.96. The van der Waals surface area contributed by atoms with Crippen molar-refractivity contribution in [3.8, 4) is 11.3 Å². The minimum atomic E-state index is -0.484. The topological polar surface area (TPSA) is 84.7 Å². The summed E-state index contributed by atoms with van der Waals surface area (Å²) < 4.78 is 10.3. The van der Waals surface area contributed by atoms with Crippen LogP contribution in [-0.2, 0) is 9.53 Å². The van der Waals surface area contributed by atoms with Gasteiger partial charge in [-0.1, -0.05) is 35.0 Å². The predicted octanol–water partition coefficient (Wildman–Crippen LogP) is 2.41. The zero-order valence-electron chi connectivity index (χ0n) is 15.7. The maximum atomic E-state index is 12.9. The van der Waals surface area contributed by atoms with Crippen molar-refractivity contribution in [3.05, 3.63) is 41.6 Å². The lowest BCUT2D eigenvalue weighted by Crippen LogP contribution is -2.52. The number of rotatable bonds is 6. The average Bonchev–Trinajstić information content (AvgIpc) is 3.18. The summed E-state index contributed by atoms with van der Waals surface area (Å²) in [7, 11) is 1.58. The molecule has 1 aromatic heterocycles. The van der Waals surface area contributed by atoms with E-state index in [9.17, 15) is 9.59 Å². The predicted molar refractivity (Wildman–Crippen MR) is 100 cm³/mol. The number of nitrogens with one attached hydrogen (secondary N) is 1. The molecule has 3 rings (SSSR count). The Morgan fingerprint density at radius 3 is 2.81 bits per heavy atom. The minimum absolute atomic E-state index is 0.151. The van der Waals surface area contributed by atoms with Crippen LogP contribution in [0.25, 0.3) is 11.3 Å². The Morgan fingerprint density at radius 1 is 1.30 bits per heavy atom. The van der Waals surface area contributed by atoms with Gasteiger partial charge >= 0.3 is 0 Å². The van der Waals surface area contributed by atoms with Gasteiger partial charge < -0.3 is 19.5 Å². The molecule has 2 amide bonds. The molecule has 1 aliphatic heterocycles. The van der Waals surface area contributed by atoms with Crippen LogP contribution in [0.15, 0.2) is 34.9 Å². The third-order valence-corrected chi connectivity index (χ3v) is 4.74. The summed E-state index contributed by atoms with van der Waals surface area (Å²) in [5.41, 5.74) is 2.23. The van der Waals surface area contributed by atoms with Crippen molar-refractivity contribution in [2.24, 2.45) is 0 Å². The van der Waals surface area contributed by atoms with Crippen LogP contribution in [0.1, 0.15) is 35.3 Å². The van der Waals surface area contributed by atoms with Crippen molar-refractivity contribution in [3.63, 3.8) is 0 Å². The Morgan fingerprint density at radius 2 is 2.07 bits per heavy atom. The van der Waals surface area contributed by atoms with Crippen LogP contribution in [0.4, 0.5) is 0 Å². The summed E-state index contributed by atoms with van der Waals surface area (Å²) in [4.78, 5) is 27.0. The van der Waals surface area contributed by atoms with Crippen molar-refractivity contribution in [2.75, 3.05) is 26.8 Å². The first-order chi connectivity index (χ1) is 13.1. The number of ether oxygens (including phenoxy) is 1. The summed E-state index contributed by atoms with van der Waals surface area (Å²) in [5.74, 6) is 0.113. The number of carbonyl (C=O) groups is 2. The molecule has 0 spiro atoms. The normalized spacial score (nSPS) is 17.0. The number of aromatic nitrogens is 1. The van der Waals surface area contributed by atoms with Crippen molar-refractivity contribution >= 4 is 11.8 Å². The zero-order valence-corrected chi connectivity index (χ0v) is 15.7. The number of amides is 2. The standard InChI is InChI=1S/C20H25N3O4/c1-14-6-8-15(9-7-14)18-13-16(22-27-18)20(25)23-11-4-3-5-17(23)19(24)21-10-12-26-2/h6-9,13,17H,3-5,10-12H2,1-2H3,(H,21,24)/t17-/m1/s1. The lowest BCUT2D eigenvalue weighted by molar-refractivity contribution is -0.126. The van der Waals surface area contributed by atoms with Gasteiger partial charge in [0.1, 0.15) is 6.04 Å². The summed E-state index contributed by atoms with van der Waals surface area (Å²) in [6.45, 7) is 3.41. The molecule has 0 saturated carbocycles. The van der Waals surface area contributed by atoms with Gasteiger partial charge in [-0.15, -0.1) is 0 Å². The highest BCUT2D eigenvalue weighted by Gasteiger charge is 2.33. The number of nitrogens with zero attached hydrogens (tertiary/aromatic N) is 2. The van der Waals surface area contributed by atoms with E-state index in [0.717, 1.165) is 24.0 Å². The molecule has 27 heavy (non-hydrogen) atoms. The van der Waals surface area contributed by atoms with Gasteiger partial charge in [-0.2, -0.15) is 0 Å². The second kappa shape index (κ2) is 8.81. The van der Waals surface area contributed by atoms with E-state index < -0.39 is 6.04 Å². The monoisotopic (exact) mass is 371 g/mol. The second-order valence-corrected chi connectivity index (χ2v) is 6.74. The minimum Gasteiger partial charge on any atom is -0.383 e. The molecule has 0 unspecified atom stereocenters. The Bertz CT molecular complexity index is 785. The number of hydrogen-bond acceptors (Lipinski definition) is 5. The molecule has 0 bridgehead atoms. The highest BCUT2D eigenvalue weighted by Crippen LogP contribution is 2.24. The molecule has 0 aliphatic carbocycles. The average molecular weight is 371 g/mol. The van der Waals surface area contributed by atoms with Crippen molar-refractivity contribution < 1.29 is 18.8 Å². The van der Waals surface area contributed by atoms with Crippen LogP contribution in [0.3, 0.4) is 0 Å². The number of likely N-dealkylation sites (tertiary alicyclic amines) is 1. The number of benzene rings is 1. The van der Waals surface area contributed by atoms with Crippen LogP contribution in [0.2, 0.25) is 0 Å². The van der Waals surface area contributed by atoms with Crippen molar-refractivity contribution in [1.29, 1.82) is 0 Å². The van der Waals surface area contributed by atoms with Gasteiger partial charge in [-0.3, -0.25) is 9.59 Å². The molecule has 7 nitrogen and oxygen atoms in total. The summed E-state index contributed by atoms with van der Waals surface area (Å²) in [6, 6.07) is 8.97. The van der Waals surface area contributed by atoms with Crippen LogP contribution >= 0.6 is 0 Å². The van der Waals surface area contributed by atoms with Gasteiger partial charge in [0.05, 0.1) is 6.61 Å². The van der Waals surface area contributed by atoms with Crippen LogP contribution in [0, 0.1) is 6.92 Å². The zero-order chi connectivity index (χ0) is 19.2. The highest BCUT2D eigenvalue weighted by atomic mass is 16.5. The molecule has 7 heteroatoms. The van der Waals surface area contributed by atoms with Crippen LogP contribution in [0.5, 0.6) is 0 Å². The molecule has 1 aliphatic rings. The van der Waals surface area contributed by atoms with Crippen LogP contribution in [-0.4, -0.2) is 54.7 Å². The van der Waals surface area contributed by atoms with E-state index in [2.05, 4.69) is 10.5 Å². The van der Waals surface area contributed by atoms with E-state index in [0.29, 0.717) is 31.9 Å². The first-order valence-electron chi connectivity index (χ1n) is 9.21. The molecule has 1 aromatic carbocycles. The van der Waals surface area contributed by atoms with Gasteiger partial charge in [0.25, 0.3) is 5.91 Å². The van der Waals surface area contributed by atoms with Gasteiger partial charge in [-0.25, -0.2) is 0 Å². The third kappa shape index (κ3) is 4.54. The summed E-state index contributed by atoms with van der Waals surface area (Å²) in [5, 5.41) is 6.77. The number of carbonyl (C=O) groups excluding carboxylic acids is 2. The molecule has 1 N–H and O–H groups in total. The molecule has 1 fully saturated rings. The van der Waals surface area contributed by atoms with Gasteiger partial charge in [0.15, 0.2) is 11.5 Å². The van der Waals surface area contributed by atoms with Crippen molar-refractivity contribution in [2.45, 2.75) is 32.2 Å². The van der Waals surface area contributed by atoms with E-state index in [1.54, 1.807) is 18.1 Å². The maximum absolute atomic E-state index is 12.9. The second-order valence-electron chi connectivity index (χ2n) is 6.74. The van der Waals surface area contributed by atoms with Gasteiger partial charge in [-0.05, 0) is 26.2 Å². The lowest BCUT2D eigenvalue weighted by Gasteiger charge is -2.34. The number of aryl methyl sites for hydroxylation is 1. The quantitative estimate of drug-likeness (QED) is 0.788. The fourth-order valence-corrected chi connectivity index (χ4v) is 3.22. The SMILES string of the molecule is COCCNC(=O)[C@H]1CCCCN1C(=O)c1cc(-c2ccc(C)cc2)on1. The van der Waals surface area contributed by atoms with Crippen molar-refractivity contribution in [1.82, 2.24) is 15.4 Å². The van der Waals surface area contributed by atoms with E-state index in [1.165, 1.54) is 0 Å². The fraction of sp³-hybridized carbons (Fsp3) is 0.450. The number of methoxy groups -OCH3 is 1. The summed E-state index contributed by atoms with van der Waals surface area (Å²) >= 11 is 0. The third-order valence-electron chi connectivity index (χ3n) is 4.74. The Balaban J connectivity index is 1.73. The summed E-state index contributed by atoms with van der Waals surface area (Å²) in [6.07, 6.45) is 2.43. The Hall–Kier alpha value is -2.67. The van der Waals surface area contributed by atoms with E-state index in [-0.39, 0.29) is 17.5 Å². The van der Waals surface area contributed by atoms with E-state index >= 15 is 0 Å². The van der Waals surface area contributed by atoms with E-state index in [4.69, 9.17) is 9.26 Å². The molecular weight excluding hydrogens is 346 g/mol. The lowest BCUT2D eigenvalue weighted by atomic mass is 10.0. The molecule has 144 valence electrons. The van der Waals surface area contributed by atoms with Gasteiger partial charge in [0.2, 0.25) is 5.91 Å². The molecule has 2 heterocycles. The van der Waals surface area contributed by atoms with E-state index in [1.807, 2.05) is 31.2 Å². The van der Waals surface area contributed by atoms with Gasteiger partial charge in [0, 0.05) is 31.8 Å². The fourth-order valence-electron chi connectivity index (χ4n) is 3.22. The first-order valence-corrected chi connectivity index (χ1v) is 9.21. The number of hydrogen-bond donors (Lipinski definition) is 1. The Labute approximate surface area is 158 Å². The maximum Gasteiger partial charge on any atom is 0.276 e. The smallest absolute Gasteiger partial charge is 0.276 e. The molecule has 2 aromatic rings. The molecule has 0 radical (unpaired) electrons.